The average Bonchev–Trinajstić information content (AvgIpc) is 2.15. The molecule has 0 fully saturated rings. The van der Waals surface area contributed by atoms with Crippen molar-refractivity contribution in [2.45, 2.75) is 33.0 Å². The van der Waals surface area contributed by atoms with Crippen molar-refractivity contribution in [1.29, 1.82) is 0 Å². The zero-order chi connectivity index (χ0) is 11.0. The first-order chi connectivity index (χ1) is 6.60. The summed E-state index contributed by atoms with van der Waals surface area (Å²) in [5.41, 5.74) is 0. The molecule has 0 saturated heterocycles. The van der Waals surface area contributed by atoms with E-state index >= 15 is 0 Å². The van der Waals surface area contributed by atoms with Crippen LogP contribution in [-0.2, 0) is 9.47 Å². The summed E-state index contributed by atoms with van der Waals surface area (Å²) in [4.78, 5) is 0. The molecule has 0 rings (SSSR count). The fourth-order valence-corrected chi connectivity index (χ4v) is 1.10. The van der Waals surface area contributed by atoms with Crippen LogP contribution in [-0.4, -0.2) is 44.3 Å². The summed E-state index contributed by atoms with van der Waals surface area (Å²) in [5.74, 6) is -0.659. The molecule has 0 atom stereocenters. The topological polar surface area (TPSA) is 34.1 Å². The van der Waals surface area contributed by atoms with Crippen LogP contribution in [0.15, 0.2) is 5.10 Å². The lowest BCUT2D eigenvalue weighted by molar-refractivity contribution is -0.182. The van der Waals surface area contributed by atoms with Gasteiger partial charge in [0.15, 0.2) is 0 Å². The van der Waals surface area contributed by atoms with Gasteiger partial charge in [-0.1, -0.05) is 6.92 Å². The van der Waals surface area contributed by atoms with E-state index in [9.17, 15) is 0 Å². The van der Waals surface area contributed by atoms with E-state index in [1.807, 2.05) is 34.9 Å². The summed E-state index contributed by atoms with van der Waals surface area (Å²) < 4.78 is 11.1. The van der Waals surface area contributed by atoms with Crippen LogP contribution in [0.2, 0.25) is 0 Å². The molecule has 14 heavy (non-hydrogen) atoms. The van der Waals surface area contributed by atoms with E-state index < -0.39 is 5.79 Å². The molecule has 4 nitrogen and oxygen atoms in total. The second-order valence-electron chi connectivity index (χ2n) is 3.12. The molecule has 0 heterocycles. The van der Waals surface area contributed by atoms with Gasteiger partial charge < -0.3 is 14.5 Å². The largest absolute Gasteiger partial charge is 0.345 e. The lowest BCUT2D eigenvalue weighted by Gasteiger charge is -2.28. The highest BCUT2D eigenvalue weighted by Crippen LogP contribution is 2.15. The molecule has 0 aromatic rings. The van der Waals surface area contributed by atoms with Gasteiger partial charge in [0, 0.05) is 33.7 Å². The summed E-state index contributed by atoms with van der Waals surface area (Å²) >= 11 is 0. The van der Waals surface area contributed by atoms with Gasteiger partial charge in [0.2, 0.25) is 5.79 Å². The average molecular weight is 202 g/mol. The van der Waals surface area contributed by atoms with E-state index in [4.69, 9.17) is 9.47 Å². The lowest BCUT2D eigenvalue weighted by atomic mass is 10.2. The lowest BCUT2D eigenvalue weighted by Crippen LogP contribution is -2.38. The van der Waals surface area contributed by atoms with Crippen molar-refractivity contribution < 1.29 is 9.47 Å². The number of hydrogen-bond donors (Lipinski definition) is 0. The predicted molar refractivity (Wildman–Crippen MR) is 58.5 cm³/mol. The van der Waals surface area contributed by atoms with Crippen LogP contribution in [0.3, 0.4) is 0 Å². The number of hydrogen-bond acceptors (Lipinski definition) is 4. The van der Waals surface area contributed by atoms with E-state index in [0.717, 1.165) is 6.42 Å². The fourth-order valence-electron chi connectivity index (χ4n) is 1.10. The Morgan fingerprint density at radius 3 is 1.93 bits per heavy atom. The second-order valence-corrected chi connectivity index (χ2v) is 3.12. The highest BCUT2D eigenvalue weighted by Gasteiger charge is 2.26. The summed E-state index contributed by atoms with van der Waals surface area (Å²) in [6, 6.07) is 0. The van der Waals surface area contributed by atoms with Gasteiger partial charge in [-0.2, -0.15) is 5.10 Å². The quantitative estimate of drug-likeness (QED) is 0.358. The molecule has 0 radical (unpaired) electrons. The Hall–Kier alpha value is -0.610. The standard InChI is InChI=1S/C10H22N2O2/c1-6-10(13-7-2,14-8-3)9-11-12(4)5/h9H,6-8H2,1-5H3. The fraction of sp³-hybridized carbons (Fsp3) is 0.900. The number of rotatable bonds is 7. The van der Waals surface area contributed by atoms with Gasteiger partial charge in [-0.15, -0.1) is 0 Å². The molecule has 0 unspecified atom stereocenters. The maximum Gasteiger partial charge on any atom is 0.206 e. The number of hydrazone groups is 1. The Morgan fingerprint density at radius 2 is 1.64 bits per heavy atom. The third-order valence-electron chi connectivity index (χ3n) is 1.76. The Kier molecular flexibility index (Phi) is 6.49. The molecule has 0 aliphatic heterocycles. The molecule has 0 N–H and O–H groups in total. The summed E-state index contributed by atoms with van der Waals surface area (Å²) in [6.07, 6.45) is 2.48. The zero-order valence-corrected chi connectivity index (χ0v) is 9.91. The van der Waals surface area contributed by atoms with Crippen LogP contribution < -0.4 is 0 Å². The molecule has 0 aromatic carbocycles. The Morgan fingerprint density at radius 1 is 1.14 bits per heavy atom. The van der Waals surface area contributed by atoms with Crippen molar-refractivity contribution in [3.63, 3.8) is 0 Å². The smallest absolute Gasteiger partial charge is 0.206 e. The van der Waals surface area contributed by atoms with Crippen molar-refractivity contribution in [3.8, 4) is 0 Å². The zero-order valence-electron chi connectivity index (χ0n) is 9.91. The maximum absolute atomic E-state index is 5.57. The van der Waals surface area contributed by atoms with Crippen LogP contribution in [0.1, 0.15) is 27.2 Å². The van der Waals surface area contributed by atoms with Gasteiger partial charge in [0.05, 0.1) is 6.21 Å². The highest BCUT2D eigenvalue weighted by molar-refractivity contribution is 5.66. The van der Waals surface area contributed by atoms with Gasteiger partial charge >= 0.3 is 0 Å². The van der Waals surface area contributed by atoms with Crippen LogP contribution in [0.25, 0.3) is 0 Å². The minimum absolute atomic E-state index is 0.618. The Labute approximate surface area is 86.9 Å². The molecule has 0 saturated carbocycles. The predicted octanol–water partition coefficient (Wildman–Crippen LogP) is 1.71. The maximum atomic E-state index is 5.57. The van der Waals surface area contributed by atoms with E-state index in [1.165, 1.54) is 0 Å². The summed E-state index contributed by atoms with van der Waals surface area (Å²) in [7, 11) is 3.74. The Balaban J connectivity index is 4.47. The number of ether oxygens (including phenoxy) is 2. The van der Waals surface area contributed by atoms with Crippen molar-refractivity contribution >= 4 is 6.21 Å². The van der Waals surface area contributed by atoms with E-state index in [-0.39, 0.29) is 0 Å². The molecular formula is C10H22N2O2. The molecule has 0 bridgehead atoms. The van der Waals surface area contributed by atoms with Crippen molar-refractivity contribution in [2.75, 3.05) is 27.3 Å². The van der Waals surface area contributed by atoms with Crippen LogP contribution in [0.5, 0.6) is 0 Å². The molecule has 0 aliphatic carbocycles. The van der Waals surface area contributed by atoms with Crippen LogP contribution >= 0.6 is 0 Å². The van der Waals surface area contributed by atoms with Gasteiger partial charge in [-0.05, 0) is 13.8 Å². The van der Waals surface area contributed by atoms with Crippen molar-refractivity contribution in [1.82, 2.24) is 5.01 Å². The number of nitrogens with zero attached hydrogens (tertiary/aromatic N) is 2. The third kappa shape index (κ3) is 4.58. The minimum Gasteiger partial charge on any atom is -0.345 e. The third-order valence-corrected chi connectivity index (χ3v) is 1.76. The van der Waals surface area contributed by atoms with Gasteiger partial charge in [0.25, 0.3) is 0 Å². The van der Waals surface area contributed by atoms with Crippen LogP contribution in [0.4, 0.5) is 0 Å². The van der Waals surface area contributed by atoms with Crippen LogP contribution in [0, 0.1) is 0 Å². The summed E-state index contributed by atoms with van der Waals surface area (Å²) in [6.45, 7) is 7.16. The highest BCUT2D eigenvalue weighted by atomic mass is 16.7. The van der Waals surface area contributed by atoms with Gasteiger partial charge in [-0.3, -0.25) is 0 Å². The molecule has 4 heteroatoms. The monoisotopic (exact) mass is 202 g/mol. The van der Waals surface area contributed by atoms with E-state index in [0.29, 0.717) is 13.2 Å². The first kappa shape index (κ1) is 13.4. The molecule has 0 aliphatic rings. The summed E-state index contributed by atoms with van der Waals surface area (Å²) in [5, 5.41) is 5.89. The van der Waals surface area contributed by atoms with E-state index in [1.54, 1.807) is 11.2 Å². The Bertz CT molecular complexity index is 164. The first-order valence-corrected chi connectivity index (χ1v) is 5.10. The first-order valence-electron chi connectivity index (χ1n) is 5.10. The van der Waals surface area contributed by atoms with Gasteiger partial charge in [-0.25, -0.2) is 0 Å². The minimum atomic E-state index is -0.659. The molecular weight excluding hydrogens is 180 g/mol. The molecule has 0 amide bonds. The van der Waals surface area contributed by atoms with Crippen molar-refractivity contribution in [2.24, 2.45) is 5.10 Å². The van der Waals surface area contributed by atoms with Crippen molar-refractivity contribution in [3.05, 3.63) is 0 Å². The molecule has 84 valence electrons. The molecule has 0 spiro atoms. The molecule has 0 aromatic heterocycles. The normalized spacial score (nSPS) is 12.4. The second kappa shape index (κ2) is 6.79. The van der Waals surface area contributed by atoms with E-state index in [2.05, 4.69) is 5.10 Å². The SMILES string of the molecule is CCOC(C=NN(C)C)(CC)OCC. The van der Waals surface area contributed by atoms with Gasteiger partial charge in [0.1, 0.15) is 0 Å².